The number of nitrogens with zero attached hydrogens (tertiary/aromatic N) is 1. The molecule has 0 saturated carbocycles. The van der Waals surface area contributed by atoms with Gasteiger partial charge in [-0.3, -0.25) is 9.79 Å². The summed E-state index contributed by atoms with van der Waals surface area (Å²) in [5.74, 6) is 1.16. The van der Waals surface area contributed by atoms with E-state index < -0.39 is 0 Å². The Morgan fingerprint density at radius 3 is 2.72 bits per heavy atom. The fraction of sp³-hybridized carbons (Fsp3) is 0.238. The Balaban J connectivity index is 0.00000420. The molecule has 0 unspecified atom stereocenters. The number of benzene rings is 2. The molecule has 1 amide bonds. The fourth-order valence-electron chi connectivity index (χ4n) is 2.43. The summed E-state index contributed by atoms with van der Waals surface area (Å²) in [6.07, 6.45) is 1.70. The molecule has 2 aromatic rings. The summed E-state index contributed by atoms with van der Waals surface area (Å²) < 4.78 is 6.56. The highest BCUT2D eigenvalue weighted by atomic mass is 127. The molecule has 0 aromatic heterocycles. The van der Waals surface area contributed by atoms with Crippen LogP contribution in [0.25, 0.3) is 0 Å². The third-order valence-corrected chi connectivity index (χ3v) is 4.38. The Morgan fingerprint density at radius 2 is 2.00 bits per heavy atom. The van der Waals surface area contributed by atoms with Crippen LogP contribution in [-0.4, -0.2) is 32.1 Å². The van der Waals surface area contributed by atoms with E-state index in [4.69, 9.17) is 4.74 Å². The molecule has 2 rings (SSSR count). The minimum atomic E-state index is -0.154. The van der Waals surface area contributed by atoms with Crippen molar-refractivity contribution in [2.24, 2.45) is 4.99 Å². The number of ether oxygens (including phenoxy) is 1. The fourth-order valence-corrected chi connectivity index (χ4v) is 2.79. The molecule has 0 aliphatic carbocycles. The first kappa shape index (κ1) is 25.0. The van der Waals surface area contributed by atoms with Crippen LogP contribution in [0.15, 0.2) is 64.6 Å². The summed E-state index contributed by atoms with van der Waals surface area (Å²) in [5.41, 5.74) is 2.76. The van der Waals surface area contributed by atoms with E-state index in [9.17, 15) is 4.79 Å². The van der Waals surface area contributed by atoms with Crippen molar-refractivity contribution in [1.82, 2.24) is 10.6 Å². The number of aryl methyl sites for hydroxylation is 1. The molecule has 0 aliphatic heterocycles. The number of guanidine groups is 1. The molecule has 0 radical (unpaired) electrons. The van der Waals surface area contributed by atoms with E-state index in [0.29, 0.717) is 19.1 Å². The highest BCUT2D eigenvalue weighted by Crippen LogP contribution is 2.20. The van der Waals surface area contributed by atoms with E-state index in [1.54, 1.807) is 13.1 Å². The number of nitrogens with one attached hydrogen (secondary N) is 3. The number of hydrogen-bond donors (Lipinski definition) is 3. The lowest BCUT2D eigenvalue weighted by atomic mass is 10.2. The second-order valence-corrected chi connectivity index (χ2v) is 6.91. The van der Waals surface area contributed by atoms with Gasteiger partial charge in [0.25, 0.3) is 0 Å². The normalized spacial score (nSPS) is 10.5. The van der Waals surface area contributed by atoms with Crippen molar-refractivity contribution in [3.8, 4) is 5.75 Å². The van der Waals surface area contributed by atoms with E-state index in [-0.39, 0.29) is 36.4 Å². The summed E-state index contributed by atoms with van der Waals surface area (Å²) >= 11 is 3.41. The number of carbonyl (C=O) groups excluding carboxylic acids is 1. The molecule has 0 aliphatic rings. The van der Waals surface area contributed by atoms with E-state index in [2.05, 4.69) is 43.5 Å². The second kappa shape index (κ2) is 13.2. The maximum atomic E-state index is 12.2. The second-order valence-electron chi connectivity index (χ2n) is 5.99. The van der Waals surface area contributed by atoms with Gasteiger partial charge in [-0.15, -0.1) is 24.0 Å². The van der Waals surface area contributed by atoms with Crippen molar-refractivity contribution in [1.29, 1.82) is 0 Å². The highest BCUT2D eigenvalue weighted by molar-refractivity contribution is 14.0. The van der Waals surface area contributed by atoms with Gasteiger partial charge in [0.15, 0.2) is 5.96 Å². The Morgan fingerprint density at radius 1 is 1.24 bits per heavy atom. The third-order valence-electron chi connectivity index (χ3n) is 3.89. The van der Waals surface area contributed by atoms with Crippen LogP contribution in [0.3, 0.4) is 0 Å². The number of aliphatic imine (C=N–C) groups is 1. The molecule has 3 N–H and O–H groups in total. The molecule has 6 nitrogen and oxygen atoms in total. The summed E-state index contributed by atoms with van der Waals surface area (Å²) in [5, 5.41) is 9.10. The largest absolute Gasteiger partial charge is 0.489 e. The predicted molar refractivity (Wildman–Crippen MR) is 133 cm³/mol. The molecule has 156 valence electrons. The predicted octanol–water partition coefficient (Wildman–Crippen LogP) is 4.24. The molecule has 2 aromatic carbocycles. The Kier molecular flexibility index (Phi) is 11.4. The Bertz CT molecular complexity index is 858. The van der Waals surface area contributed by atoms with Crippen molar-refractivity contribution in [2.45, 2.75) is 13.5 Å². The van der Waals surface area contributed by atoms with E-state index in [1.807, 2.05) is 49.4 Å². The SMILES string of the molecule is C=CCOc1ccccc1CNC(=NC)NCC(=O)Nc1cc(Br)ccc1C.I. The molecular formula is C21H26BrIN4O2. The van der Waals surface area contributed by atoms with Crippen LogP contribution in [0.1, 0.15) is 11.1 Å². The zero-order valence-electron chi connectivity index (χ0n) is 16.5. The van der Waals surface area contributed by atoms with Crippen LogP contribution in [0.2, 0.25) is 0 Å². The average molecular weight is 573 g/mol. The molecule has 0 bridgehead atoms. The van der Waals surface area contributed by atoms with Crippen LogP contribution in [0.5, 0.6) is 5.75 Å². The van der Waals surface area contributed by atoms with Crippen molar-refractivity contribution in [3.63, 3.8) is 0 Å². The van der Waals surface area contributed by atoms with Crippen molar-refractivity contribution in [2.75, 3.05) is 25.5 Å². The smallest absolute Gasteiger partial charge is 0.243 e. The van der Waals surface area contributed by atoms with E-state index in [0.717, 1.165) is 27.0 Å². The summed E-state index contributed by atoms with van der Waals surface area (Å²) in [6, 6.07) is 13.5. The number of para-hydroxylation sites is 1. The standard InChI is InChI=1S/C21H25BrN4O2.HI/c1-4-11-28-19-8-6-5-7-16(19)13-24-21(23-3)25-14-20(27)26-18-12-17(22)10-9-15(18)2;/h4-10,12H,1,11,13-14H2,2-3H3,(H,26,27)(H2,23,24,25);1H. The van der Waals surface area contributed by atoms with Crippen molar-refractivity contribution >= 4 is 57.5 Å². The average Bonchev–Trinajstić information content (AvgIpc) is 2.70. The zero-order valence-corrected chi connectivity index (χ0v) is 20.4. The molecule has 29 heavy (non-hydrogen) atoms. The van der Waals surface area contributed by atoms with Crippen LogP contribution < -0.4 is 20.7 Å². The molecule has 0 fully saturated rings. The summed E-state index contributed by atoms with van der Waals surface area (Å²) in [6.45, 7) is 6.66. The van der Waals surface area contributed by atoms with E-state index >= 15 is 0 Å². The topological polar surface area (TPSA) is 74.8 Å². The number of amides is 1. The number of hydrogen-bond acceptors (Lipinski definition) is 3. The lowest BCUT2D eigenvalue weighted by molar-refractivity contribution is -0.115. The van der Waals surface area contributed by atoms with Gasteiger partial charge in [0.1, 0.15) is 12.4 Å². The van der Waals surface area contributed by atoms with Crippen LogP contribution in [-0.2, 0) is 11.3 Å². The van der Waals surface area contributed by atoms with Gasteiger partial charge in [-0.1, -0.05) is 52.9 Å². The van der Waals surface area contributed by atoms with Gasteiger partial charge in [0, 0.05) is 29.3 Å². The van der Waals surface area contributed by atoms with Gasteiger partial charge < -0.3 is 20.7 Å². The Labute approximate surface area is 197 Å². The van der Waals surface area contributed by atoms with Gasteiger partial charge in [-0.25, -0.2) is 0 Å². The molecule has 0 saturated heterocycles. The van der Waals surface area contributed by atoms with Gasteiger partial charge in [-0.2, -0.15) is 0 Å². The lowest BCUT2D eigenvalue weighted by Crippen LogP contribution is -2.41. The number of rotatable bonds is 8. The number of halogens is 2. The van der Waals surface area contributed by atoms with Gasteiger partial charge in [0.2, 0.25) is 5.91 Å². The van der Waals surface area contributed by atoms with E-state index in [1.165, 1.54) is 0 Å². The minimum Gasteiger partial charge on any atom is -0.489 e. The molecule has 0 atom stereocenters. The lowest BCUT2D eigenvalue weighted by Gasteiger charge is -2.15. The molecular weight excluding hydrogens is 547 g/mol. The van der Waals surface area contributed by atoms with Gasteiger partial charge >= 0.3 is 0 Å². The first-order valence-corrected chi connectivity index (χ1v) is 9.65. The Hall–Kier alpha value is -2.07. The quantitative estimate of drug-likeness (QED) is 0.191. The highest BCUT2D eigenvalue weighted by Gasteiger charge is 2.08. The van der Waals surface area contributed by atoms with Crippen molar-refractivity contribution < 1.29 is 9.53 Å². The van der Waals surface area contributed by atoms with Gasteiger partial charge in [-0.05, 0) is 30.7 Å². The van der Waals surface area contributed by atoms with Crippen LogP contribution in [0, 0.1) is 6.92 Å². The monoisotopic (exact) mass is 572 g/mol. The molecule has 0 spiro atoms. The van der Waals surface area contributed by atoms with Crippen LogP contribution >= 0.6 is 39.9 Å². The number of anilines is 1. The molecule has 8 heteroatoms. The van der Waals surface area contributed by atoms with Crippen molar-refractivity contribution in [3.05, 3.63) is 70.7 Å². The summed E-state index contributed by atoms with van der Waals surface area (Å²) in [7, 11) is 1.66. The maximum absolute atomic E-state index is 12.2. The summed E-state index contributed by atoms with van der Waals surface area (Å²) in [4.78, 5) is 16.4. The zero-order chi connectivity index (χ0) is 20.4. The maximum Gasteiger partial charge on any atom is 0.243 e. The molecule has 0 heterocycles. The number of carbonyl (C=O) groups is 1. The first-order valence-electron chi connectivity index (χ1n) is 8.85. The first-order chi connectivity index (χ1) is 13.5. The third kappa shape index (κ3) is 8.45. The minimum absolute atomic E-state index is 0. The van der Waals surface area contributed by atoms with Gasteiger partial charge in [0.05, 0.1) is 6.54 Å². The van der Waals surface area contributed by atoms with Crippen LogP contribution in [0.4, 0.5) is 5.69 Å².